The zero-order chi connectivity index (χ0) is 14.2. The van der Waals surface area contributed by atoms with Crippen LogP contribution in [0, 0.1) is 0 Å². The molecule has 1 aliphatic rings. The van der Waals surface area contributed by atoms with E-state index < -0.39 is 0 Å². The van der Waals surface area contributed by atoms with Crippen LogP contribution in [0.5, 0.6) is 5.75 Å². The molecule has 0 saturated carbocycles. The number of methoxy groups -OCH3 is 1. The molecule has 4 heteroatoms. The maximum Gasteiger partial charge on any atom is 0.120 e. The minimum Gasteiger partial charge on any atom is -0.497 e. The van der Waals surface area contributed by atoms with Crippen LogP contribution in [-0.4, -0.2) is 51.3 Å². The van der Waals surface area contributed by atoms with Gasteiger partial charge in [0.15, 0.2) is 0 Å². The Balaban J connectivity index is 1.76. The van der Waals surface area contributed by atoms with E-state index in [1.165, 1.54) is 25.1 Å². The van der Waals surface area contributed by atoms with Crippen molar-refractivity contribution in [2.45, 2.75) is 19.3 Å². The molecule has 0 unspecified atom stereocenters. The molecule has 0 aromatic heterocycles. The van der Waals surface area contributed by atoms with Crippen LogP contribution in [0.3, 0.4) is 0 Å². The fourth-order valence-electron chi connectivity index (χ4n) is 2.69. The van der Waals surface area contributed by atoms with Crippen molar-refractivity contribution < 1.29 is 4.74 Å². The summed E-state index contributed by atoms with van der Waals surface area (Å²) in [5.74, 6) is 0.937. The molecular formula is C16H27N3O. The molecule has 1 aromatic rings. The Morgan fingerprint density at radius 1 is 1.10 bits per heavy atom. The highest BCUT2D eigenvalue weighted by Gasteiger charge is 2.16. The summed E-state index contributed by atoms with van der Waals surface area (Å²) < 4.78 is 5.30. The van der Waals surface area contributed by atoms with Crippen molar-refractivity contribution in [1.29, 1.82) is 0 Å². The normalized spacial score (nSPS) is 16.4. The van der Waals surface area contributed by atoms with Gasteiger partial charge in [0.1, 0.15) is 5.75 Å². The van der Waals surface area contributed by atoms with Crippen LogP contribution in [0.2, 0.25) is 0 Å². The minimum absolute atomic E-state index is 0.823. The van der Waals surface area contributed by atoms with Gasteiger partial charge in [-0.25, -0.2) is 0 Å². The van der Waals surface area contributed by atoms with E-state index in [-0.39, 0.29) is 0 Å². The zero-order valence-corrected chi connectivity index (χ0v) is 12.6. The Hall–Kier alpha value is -1.26. The minimum atomic E-state index is 0.823. The van der Waals surface area contributed by atoms with Crippen molar-refractivity contribution in [2.24, 2.45) is 5.73 Å². The van der Waals surface area contributed by atoms with Crippen LogP contribution in [0.15, 0.2) is 24.3 Å². The van der Waals surface area contributed by atoms with Gasteiger partial charge < -0.3 is 15.4 Å². The molecule has 0 bridgehead atoms. The highest BCUT2D eigenvalue weighted by Crippen LogP contribution is 2.22. The number of hydrogen-bond acceptors (Lipinski definition) is 4. The average molecular weight is 277 g/mol. The lowest BCUT2D eigenvalue weighted by Gasteiger charge is -2.36. The number of hydrogen-bond donors (Lipinski definition) is 1. The SMILES string of the molecule is COc1cccc(N2CCN(CCCCCN)CC2)c1. The monoisotopic (exact) mass is 277 g/mol. The van der Waals surface area contributed by atoms with E-state index in [1.807, 2.05) is 6.07 Å². The van der Waals surface area contributed by atoms with Gasteiger partial charge in [-0.15, -0.1) is 0 Å². The Kier molecular flexibility index (Phi) is 6.15. The molecule has 1 aliphatic heterocycles. The van der Waals surface area contributed by atoms with E-state index in [0.29, 0.717) is 0 Å². The maximum absolute atomic E-state index is 5.52. The van der Waals surface area contributed by atoms with Crippen molar-refractivity contribution in [3.05, 3.63) is 24.3 Å². The molecule has 112 valence electrons. The van der Waals surface area contributed by atoms with Crippen molar-refractivity contribution >= 4 is 5.69 Å². The Morgan fingerprint density at radius 2 is 1.90 bits per heavy atom. The van der Waals surface area contributed by atoms with Gasteiger partial charge >= 0.3 is 0 Å². The topological polar surface area (TPSA) is 41.7 Å². The fourth-order valence-corrected chi connectivity index (χ4v) is 2.69. The van der Waals surface area contributed by atoms with Crippen LogP contribution in [-0.2, 0) is 0 Å². The van der Waals surface area contributed by atoms with Gasteiger partial charge in [0.2, 0.25) is 0 Å². The second-order valence-electron chi connectivity index (χ2n) is 5.38. The summed E-state index contributed by atoms with van der Waals surface area (Å²) in [4.78, 5) is 5.01. The lowest BCUT2D eigenvalue weighted by Crippen LogP contribution is -2.46. The van der Waals surface area contributed by atoms with Crippen LogP contribution >= 0.6 is 0 Å². The number of rotatable bonds is 7. The molecule has 2 rings (SSSR count). The van der Waals surface area contributed by atoms with E-state index in [4.69, 9.17) is 10.5 Å². The van der Waals surface area contributed by atoms with E-state index >= 15 is 0 Å². The lowest BCUT2D eigenvalue weighted by atomic mass is 10.2. The molecule has 2 N–H and O–H groups in total. The summed E-state index contributed by atoms with van der Waals surface area (Å²) >= 11 is 0. The molecule has 0 radical (unpaired) electrons. The average Bonchev–Trinajstić information content (AvgIpc) is 2.52. The maximum atomic E-state index is 5.52. The van der Waals surface area contributed by atoms with Gasteiger partial charge in [-0.2, -0.15) is 0 Å². The first-order valence-corrected chi connectivity index (χ1v) is 7.65. The summed E-state index contributed by atoms with van der Waals surface area (Å²) in [6.45, 7) is 6.54. The number of nitrogens with two attached hydrogens (primary N) is 1. The summed E-state index contributed by atoms with van der Waals surface area (Å²) in [7, 11) is 1.72. The van der Waals surface area contributed by atoms with Crippen LogP contribution in [0.1, 0.15) is 19.3 Å². The van der Waals surface area contributed by atoms with Crippen molar-refractivity contribution in [3.8, 4) is 5.75 Å². The predicted molar refractivity (Wildman–Crippen MR) is 84.6 cm³/mol. The molecule has 0 spiro atoms. The number of piperazine rings is 1. The number of nitrogens with zero attached hydrogens (tertiary/aromatic N) is 2. The molecule has 0 amide bonds. The third-order valence-electron chi connectivity index (χ3n) is 3.97. The van der Waals surface area contributed by atoms with Crippen LogP contribution in [0.4, 0.5) is 5.69 Å². The lowest BCUT2D eigenvalue weighted by molar-refractivity contribution is 0.252. The van der Waals surface area contributed by atoms with Gasteiger partial charge in [-0.3, -0.25) is 4.90 Å². The zero-order valence-electron chi connectivity index (χ0n) is 12.6. The summed E-state index contributed by atoms with van der Waals surface area (Å²) in [5.41, 5.74) is 6.79. The van der Waals surface area contributed by atoms with Gasteiger partial charge in [0.05, 0.1) is 7.11 Å². The largest absolute Gasteiger partial charge is 0.497 e. The third-order valence-corrected chi connectivity index (χ3v) is 3.97. The highest BCUT2D eigenvalue weighted by atomic mass is 16.5. The summed E-state index contributed by atoms with van der Waals surface area (Å²) in [6, 6.07) is 8.35. The number of benzene rings is 1. The van der Waals surface area contributed by atoms with Gasteiger partial charge in [-0.05, 0) is 38.1 Å². The van der Waals surface area contributed by atoms with E-state index in [1.54, 1.807) is 7.11 Å². The van der Waals surface area contributed by atoms with Crippen LogP contribution in [0.25, 0.3) is 0 Å². The van der Waals surface area contributed by atoms with Crippen molar-refractivity contribution in [2.75, 3.05) is 51.3 Å². The van der Waals surface area contributed by atoms with E-state index in [0.717, 1.165) is 44.9 Å². The Bertz CT molecular complexity index is 389. The van der Waals surface area contributed by atoms with Crippen LogP contribution < -0.4 is 15.4 Å². The second-order valence-corrected chi connectivity index (χ2v) is 5.38. The molecule has 1 aromatic carbocycles. The molecule has 0 atom stereocenters. The Labute approximate surface area is 122 Å². The van der Waals surface area contributed by atoms with E-state index in [9.17, 15) is 0 Å². The van der Waals surface area contributed by atoms with Gasteiger partial charge in [-0.1, -0.05) is 12.5 Å². The van der Waals surface area contributed by atoms with Gasteiger partial charge in [0.25, 0.3) is 0 Å². The van der Waals surface area contributed by atoms with Gasteiger partial charge in [0, 0.05) is 37.9 Å². The molecular weight excluding hydrogens is 250 g/mol. The first-order chi connectivity index (χ1) is 9.83. The van der Waals surface area contributed by atoms with Crippen molar-refractivity contribution in [1.82, 2.24) is 4.90 Å². The molecule has 1 saturated heterocycles. The molecule has 4 nitrogen and oxygen atoms in total. The number of unbranched alkanes of at least 4 members (excludes halogenated alkanes) is 2. The molecule has 20 heavy (non-hydrogen) atoms. The standard InChI is InChI=1S/C16H27N3O/c1-20-16-7-5-6-15(14-16)19-12-10-18(11-13-19)9-4-2-3-8-17/h5-7,14H,2-4,8-13,17H2,1H3. The van der Waals surface area contributed by atoms with Crippen molar-refractivity contribution in [3.63, 3.8) is 0 Å². The summed E-state index contributed by atoms with van der Waals surface area (Å²) in [6.07, 6.45) is 3.69. The number of anilines is 1. The molecule has 1 fully saturated rings. The molecule has 0 aliphatic carbocycles. The van der Waals surface area contributed by atoms with E-state index in [2.05, 4.69) is 28.0 Å². The second kappa shape index (κ2) is 8.12. The quantitative estimate of drug-likeness (QED) is 0.774. The fraction of sp³-hybridized carbons (Fsp3) is 0.625. The molecule has 1 heterocycles. The number of ether oxygens (including phenoxy) is 1. The highest BCUT2D eigenvalue weighted by molar-refractivity contribution is 5.51. The smallest absolute Gasteiger partial charge is 0.120 e. The third kappa shape index (κ3) is 4.39. The summed E-state index contributed by atoms with van der Waals surface area (Å²) in [5, 5.41) is 0. The Morgan fingerprint density at radius 3 is 2.60 bits per heavy atom. The first-order valence-electron chi connectivity index (χ1n) is 7.65. The predicted octanol–water partition coefficient (Wildman–Crippen LogP) is 1.95. The first kappa shape index (κ1) is 15.1.